The van der Waals surface area contributed by atoms with Crippen molar-refractivity contribution in [3.63, 3.8) is 0 Å². The monoisotopic (exact) mass is 449 g/mol. The number of nitriles is 1. The van der Waals surface area contributed by atoms with Crippen molar-refractivity contribution in [1.29, 1.82) is 5.26 Å². The molecule has 4 aliphatic rings. The Morgan fingerprint density at radius 1 is 1.33 bits per heavy atom. The van der Waals surface area contributed by atoms with Crippen molar-refractivity contribution in [2.24, 2.45) is 22.7 Å². The molecule has 164 valence electrons. The van der Waals surface area contributed by atoms with E-state index >= 15 is 4.39 Å². The molecule has 4 aliphatic carbocycles. The highest BCUT2D eigenvalue weighted by Crippen LogP contribution is 2.66. The summed E-state index contributed by atoms with van der Waals surface area (Å²) in [7, 11) is -0.491. The van der Waals surface area contributed by atoms with Crippen LogP contribution in [0.25, 0.3) is 0 Å². The fraction of sp³-hybridized carbons (Fsp3) is 0.708. The van der Waals surface area contributed by atoms with Crippen LogP contribution >= 0.6 is 11.6 Å². The van der Waals surface area contributed by atoms with E-state index in [1.807, 2.05) is 6.08 Å². The van der Waals surface area contributed by atoms with Gasteiger partial charge in [0.1, 0.15) is 11.4 Å². The Kier molecular flexibility index (Phi) is 5.32. The van der Waals surface area contributed by atoms with Crippen molar-refractivity contribution < 1.29 is 13.6 Å². The molecule has 1 fully saturated rings. The van der Waals surface area contributed by atoms with Gasteiger partial charge in [0.25, 0.3) is 0 Å². The lowest BCUT2D eigenvalue weighted by atomic mass is 9.52. The largest absolute Gasteiger partial charge is 0.501 e. The smallest absolute Gasteiger partial charge is 0.203 e. The number of halogens is 2. The Bertz CT molecular complexity index is 890. The number of ether oxygens (including phenoxy) is 1. The number of alkyl halides is 1. The maximum Gasteiger partial charge on any atom is 0.203 e. The lowest BCUT2D eigenvalue weighted by Gasteiger charge is -2.54. The third kappa shape index (κ3) is 2.98. The molecule has 0 radical (unpaired) electrons. The summed E-state index contributed by atoms with van der Waals surface area (Å²) in [5.74, 6) is 1.23. The topological polar surface area (TPSA) is 42.2 Å². The van der Waals surface area contributed by atoms with E-state index in [-0.39, 0.29) is 28.5 Å². The fourth-order valence-electron chi connectivity index (χ4n) is 6.72. The number of fused-ring (bicyclic) bond motifs is 5. The van der Waals surface area contributed by atoms with E-state index < -0.39 is 13.9 Å². The van der Waals surface area contributed by atoms with Gasteiger partial charge < -0.3 is 9.16 Å². The SMILES string of the molecule is COC1=CC2=C(F)C[C@@H]3C(=CC[C@@]4(C)[C@H]3CC[C@@]4(C#N)O[Si](C)(C)CCl)[C@@]2(C)CC1. The summed E-state index contributed by atoms with van der Waals surface area (Å²) < 4.78 is 27.5. The standard InChI is InChI=1S/C24H33ClFNO2Si/c1-22-9-6-16(28-3)12-20(22)21(26)13-17-18(22)7-10-23(2)19(17)8-11-24(23,14-27)29-30(4,5)15-25/h7,12,17,19H,6,8-11,13,15H2,1-5H3/t17-,19+,22-,23+,24+/m1/s1. The van der Waals surface area contributed by atoms with E-state index in [1.54, 1.807) is 7.11 Å². The van der Waals surface area contributed by atoms with Crippen molar-refractivity contribution >= 4 is 19.9 Å². The average Bonchev–Trinajstić information content (AvgIpc) is 3.00. The molecule has 0 aliphatic heterocycles. The zero-order chi connectivity index (χ0) is 21.9. The molecular formula is C24H33ClFNO2Si. The normalized spacial score (nSPS) is 40.6. The van der Waals surface area contributed by atoms with Gasteiger partial charge in [0.15, 0.2) is 0 Å². The minimum atomic E-state index is -2.15. The van der Waals surface area contributed by atoms with Gasteiger partial charge in [-0.25, -0.2) is 4.39 Å². The third-order valence-electron chi connectivity index (χ3n) is 8.49. The molecule has 0 heterocycles. The molecule has 0 saturated heterocycles. The predicted molar refractivity (Wildman–Crippen MR) is 120 cm³/mol. The second-order valence-electron chi connectivity index (χ2n) is 10.6. The van der Waals surface area contributed by atoms with Gasteiger partial charge in [-0.1, -0.05) is 25.5 Å². The summed E-state index contributed by atoms with van der Waals surface area (Å²) in [5.41, 5.74) is 1.21. The van der Waals surface area contributed by atoms with Crippen LogP contribution < -0.4 is 0 Å². The van der Waals surface area contributed by atoms with E-state index in [2.05, 4.69) is 39.1 Å². The van der Waals surface area contributed by atoms with Crippen LogP contribution in [0.3, 0.4) is 0 Å². The lowest BCUT2D eigenvalue weighted by molar-refractivity contribution is -0.0246. The Balaban J connectivity index is 1.75. The minimum Gasteiger partial charge on any atom is -0.501 e. The number of hydrogen-bond acceptors (Lipinski definition) is 3. The Labute approximate surface area is 186 Å². The average molecular weight is 450 g/mol. The van der Waals surface area contributed by atoms with Gasteiger partial charge in [-0.2, -0.15) is 5.26 Å². The highest BCUT2D eigenvalue weighted by molar-refractivity contribution is 6.77. The van der Waals surface area contributed by atoms with Crippen LogP contribution in [0.2, 0.25) is 13.1 Å². The molecule has 0 N–H and O–H groups in total. The summed E-state index contributed by atoms with van der Waals surface area (Å²) in [5, 5.41) is 10.3. The number of hydrogen-bond donors (Lipinski definition) is 0. The first-order valence-electron chi connectivity index (χ1n) is 11.1. The molecule has 30 heavy (non-hydrogen) atoms. The second kappa shape index (κ2) is 7.22. The zero-order valence-electron chi connectivity index (χ0n) is 18.8. The second-order valence-corrected chi connectivity index (χ2v) is 15.4. The van der Waals surface area contributed by atoms with Gasteiger partial charge in [0, 0.05) is 29.2 Å². The molecule has 3 nitrogen and oxygen atoms in total. The molecule has 1 saturated carbocycles. The lowest BCUT2D eigenvalue weighted by Crippen LogP contribution is -2.55. The number of allylic oxidation sites excluding steroid dienone is 6. The van der Waals surface area contributed by atoms with Crippen LogP contribution in [0.4, 0.5) is 4.39 Å². The van der Waals surface area contributed by atoms with Gasteiger partial charge in [-0.3, -0.25) is 0 Å². The highest BCUT2D eigenvalue weighted by atomic mass is 35.5. The number of nitrogens with zero attached hydrogens (tertiary/aromatic N) is 1. The molecule has 0 aromatic rings. The van der Waals surface area contributed by atoms with Crippen molar-refractivity contribution in [2.45, 2.75) is 71.1 Å². The molecule has 6 heteroatoms. The molecule has 4 rings (SSSR count). The summed E-state index contributed by atoms with van der Waals surface area (Å²) in [6, 6.07) is 2.59. The Hall–Kier alpha value is -1.09. The summed E-state index contributed by atoms with van der Waals surface area (Å²) in [6.07, 6.45) is 8.78. The van der Waals surface area contributed by atoms with Gasteiger partial charge in [-0.15, -0.1) is 11.6 Å². The van der Waals surface area contributed by atoms with Gasteiger partial charge >= 0.3 is 0 Å². The van der Waals surface area contributed by atoms with Gasteiger partial charge in [0.2, 0.25) is 8.32 Å². The van der Waals surface area contributed by atoms with Crippen molar-refractivity contribution in [3.8, 4) is 6.07 Å². The molecule has 0 aromatic carbocycles. The number of rotatable bonds is 4. The molecule has 5 atom stereocenters. The first-order chi connectivity index (χ1) is 14.1. The van der Waals surface area contributed by atoms with Crippen molar-refractivity contribution in [1.82, 2.24) is 0 Å². The van der Waals surface area contributed by atoms with Crippen LogP contribution in [-0.4, -0.2) is 26.5 Å². The van der Waals surface area contributed by atoms with Gasteiger partial charge in [0.05, 0.1) is 18.9 Å². The van der Waals surface area contributed by atoms with E-state index in [9.17, 15) is 5.26 Å². The van der Waals surface area contributed by atoms with Crippen LogP contribution in [0.5, 0.6) is 0 Å². The van der Waals surface area contributed by atoms with Crippen LogP contribution in [-0.2, 0) is 9.16 Å². The van der Waals surface area contributed by atoms with Crippen LogP contribution in [0.15, 0.2) is 34.9 Å². The Morgan fingerprint density at radius 2 is 2.07 bits per heavy atom. The summed E-state index contributed by atoms with van der Waals surface area (Å²) in [4.78, 5) is 0. The molecule has 0 unspecified atom stereocenters. The molecule has 0 aromatic heterocycles. The van der Waals surface area contributed by atoms with Crippen LogP contribution in [0.1, 0.15) is 52.4 Å². The summed E-state index contributed by atoms with van der Waals surface area (Å²) in [6.45, 7) is 8.55. The highest BCUT2D eigenvalue weighted by Gasteiger charge is 2.64. The quantitative estimate of drug-likeness (QED) is 0.277. The first-order valence-corrected chi connectivity index (χ1v) is 14.7. The predicted octanol–water partition coefficient (Wildman–Crippen LogP) is 6.57. The van der Waals surface area contributed by atoms with Gasteiger partial charge in [-0.05, 0) is 62.3 Å². The molecule has 0 amide bonds. The van der Waals surface area contributed by atoms with Crippen molar-refractivity contribution in [3.05, 3.63) is 34.9 Å². The number of methoxy groups -OCH3 is 1. The Morgan fingerprint density at radius 3 is 2.70 bits per heavy atom. The maximum atomic E-state index is 15.5. The first kappa shape index (κ1) is 22.1. The van der Waals surface area contributed by atoms with E-state index in [0.29, 0.717) is 18.3 Å². The van der Waals surface area contributed by atoms with E-state index in [1.165, 1.54) is 5.57 Å². The van der Waals surface area contributed by atoms with Crippen molar-refractivity contribution in [2.75, 3.05) is 12.6 Å². The fourth-order valence-corrected chi connectivity index (χ4v) is 8.26. The summed E-state index contributed by atoms with van der Waals surface area (Å²) >= 11 is 6.20. The third-order valence-corrected chi connectivity index (χ3v) is 12.0. The van der Waals surface area contributed by atoms with E-state index in [4.69, 9.17) is 20.8 Å². The molecule has 0 spiro atoms. The molecule has 0 bridgehead atoms. The van der Waals surface area contributed by atoms with E-state index in [0.717, 1.165) is 37.0 Å². The maximum absolute atomic E-state index is 15.5. The van der Waals surface area contributed by atoms with Crippen LogP contribution in [0, 0.1) is 34.0 Å². The zero-order valence-corrected chi connectivity index (χ0v) is 20.5. The molecular weight excluding hydrogens is 417 g/mol. The minimum absolute atomic E-state index is 0.0102.